The van der Waals surface area contributed by atoms with Gasteiger partial charge in [0.15, 0.2) is 5.13 Å². The third kappa shape index (κ3) is 5.54. The summed E-state index contributed by atoms with van der Waals surface area (Å²) in [7, 11) is 0. The third-order valence-corrected chi connectivity index (χ3v) is 5.50. The van der Waals surface area contributed by atoms with E-state index in [0.717, 1.165) is 12.8 Å². The van der Waals surface area contributed by atoms with Gasteiger partial charge in [0.1, 0.15) is 0 Å². The van der Waals surface area contributed by atoms with Gasteiger partial charge in [0.2, 0.25) is 5.91 Å². The van der Waals surface area contributed by atoms with Crippen LogP contribution in [0.2, 0.25) is 5.02 Å². The first kappa shape index (κ1) is 18.9. The minimum atomic E-state index is -0.245. The average Bonchev–Trinajstić information content (AvgIpc) is 2.88. The second-order valence-corrected chi connectivity index (χ2v) is 7.83. The molecule has 7 heteroatoms. The standard InChI is InChI=1S/C19H22ClN3O2S/c20-14-9-7-13(8-10-14)18(25)23-19-22-16(12-26-19)11-17(24)21-15-5-3-1-2-4-6-15/h7-10,12,15H,1-6,11H2,(H,21,24)(H,22,23,25). The maximum atomic E-state index is 12.2. The zero-order valence-corrected chi connectivity index (χ0v) is 16.0. The number of hydrogen-bond donors (Lipinski definition) is 2. The molecule has 1 aromatic heterocycles. The first-order valence-electron chi connectivity index (χ1n) is 8.91. The summed E-state index contributed by atoms with van der Waals surface area (Å²) in [5, 5.41) is 8.75. The summed E-state index contributed by atoms with van der Waals surface area (Å²) in [4.78, 5) is 28.8. The van der Waals surface area contributed by atoms with Crippen LogP contribution in [0.4, 0.5) is 5.13 Å². The summed E-state index contributed by atoms with van der Waals surface area (Å²) in [5.74, 6) is -0.247. The molecule has 0 unspecified atom stereocenters. The second kappa shape index (κ2) is 9.14. The van der Waals surface area contributed by atoms with E-state index >= 15 is 0 Å². The van der Waals surface area contributed by atoms with Crippen molar-refractivity contribution in [2.45, 2.75) is 51.0 Å². The van der Waals surface area contributed by atoms with E-state index in [9.17, 15) is 9.59 Å². The van der Waals surface area contributed by atoms with E-state index in [4.69, 9.17) is 11.6 Å². The maximum Gasteiger partial charge on any atom is 0.257 e. The molecule has 0 aliphatic heterocycles. The molecule has 0 spiro atoms. The fourth-order valence-corrected chi connectivity index (χ4v) is 3.91. The van der Waals surface area contributed by atoms with Gasteiger partial charge >= 0.3 is 0 Å². The maximum absolute atomic E-state index is 12.2. The SMILES string of the molecule is O=C(Cc1csc(NC(=O)c2ccc(Cl)cc2)n1)NC1CCCCCC1. The Labute approximate surface area is 162 Å². The van der Waals surface area contributed by atoms with Crippen LogP contribution in [0.3, 0.4) is 0 Å². The molecule has 1 aromatic carbocycles. The van der Waals surface area contributed by atoms with E-state index in [1.54, 1.807) is 24.3 Å². The summed E-state index contributed by atoms with van der Waals surface area (Å²) < 4.78 is 0. The zero-order chi connectivity index (χ0) is 18.4. The normalized spacial score (nSPS) is 15.3. The van der Waals surface area contributed by atoms with Crippen molar-refractivity contribution in [1.82, 2.24) is 10.3 Å². The van der Waals surface area contributed by atoms with Crippen molar-refractivity contribution in [1.29, 1.82) is 0 Å². The molecular weight excluding hydrogens is 370 g/mol. The van der Waals surface area contributed by atoms with Crippen molar-refractivity contribution in [3.05, 3.63) is 45.9 Å². The lowest BCUT2D eigenvalue weighted by molar-refractivity contribution is -0.121. The molecule has 1 saturated carbocycles. The van der Waals surface area contributed by atoms with Gasteiger partial charge < -0.3 is 5.32 Å². The number of rotatable bonds is 5. The van der Waals surface area contributed by atoms with E-state index < -0.39 is 0 Å². The van der Waals surface area contributed by atoms with Gasteiger partial charge in [-0.3, -0.25) is 14.9 Å². The molecule has 2 aromatic rings. The molecule has 0 bridgehead atoms. The zero-order valence-electron chi connectivity index (χ0n) is 14.5. The summed E-state index contributed by atoms with van der Waals surface area (Å²) in [6.45, 7) is 0. The topological polar surface area (TPSA) is 71.1 Å². The van der Waals surface area contributed by atoms with Gasteiger partial charge in [0, 0.05) is 22.0 Å². The third-order valence-electron chi connectivity index (χ3n) is 4.44. The van der Waals surface area contributed by atoms with Gasteiger partial charge in [-0.05, 0) is 37.1 Å². The number of aromatic nitrogens is 1. The molecule has 138 valence electrons. The lowest BCUT2D eigenvalue weighted by Crippen LogP contribution is -2.35. The number of amides is 2. The van der Waals surface area contributed by atoms with Crippen molar-refractivity contribution in [3.63, 3.8) is 0 Å². The Hall–Kier alpha value is -1.92. The van der Waals surface area contributed by atoms with Crippen LogP contribution in [-0.2, 0) is 11.2 Å². The van der Waals surface area contributed by atoms with Crippen molar-refractivity contribution >= 4 is 39.9 Å². The summed E-state index contributed by atoms with van der Waals surface area (Å²) in [6.07, 6.45) is 7.25. The molecule has 1 heterocycles. The van der Waals surface area contributed by atoms with E-state index in [1.165, 1.54) is 37.0 Å². The Morgan fingerprint density at radius 2 is 1.81 bits per heavy atom. The Morgan fingerprint density at radius 1 is 1.12 bits per heavy atom. The van der Waals surface area contributed by atoms with Gasteiger partial charge in [0.05, 0.1) is 12.1 Å². The van der Waals surface area contributed by atoms with Crippen molar-refractivity contribution < 1.29 is 9.59 Å². The quantitative estimate of drug-likeness (QED) is 0.740. The number of anilines is 1. The number of halogens is 1. The molecule has 5 nitrogen and oxygen atoms in total. The number of nitrogens with zero attached hydrogens (tertiary/aromatic N) is 1. The van der Waals surface area contributed by atoms with Crippen LogP contribution in [0.15, 0.2) is 29.6 Å². The molecule has 0 saturated heterocycles. The van der Waals surface area contributed by atoms with Crippen LogP contribution in [0.1, 0.15) is 54.6 Å². The first-order chi connectivity index (χ1) is 12.6. The van der Waals surface area contributed by atoms with Crippen molar-refractivity contribution in [2.24, 2.45) is 0 Å². The molecular formula is C19H22ClN3O2S. The van der Waals surface area contributed by atoms with Crippen molar-refractivity contribution in [3.8, 4) is 0 Å². The summed E-state index contributed by atoms with van der Waals surface area (Å²) in [5.41, 5.74) is 1.18. The highest BCUT2D eigenvalue weighted by molar-refractivity contribution is 7.14. The minimum Gasteiger partial charge on any atom is -0.353 e. The molecule has 0 atom stereocenters. The van der Waals surface area contributed by atoms with Gasteiger partial charge in [0.25, 0.3) is 5.91 Å². The van der Waals surface area contributed by atoms with Gasteiger partial charge in [-0.1, -0.05) is 37.3 Å². The monoisotopic (exact) mass is 391 g/mol. The van der Waals surface area contributed by atoms with Crippen LogP contribution < -0.4 is 10.6 Å². The molecule has 3 rings (SSSR count). The fourth-order valence-electron chi connectivity index (χ4n) is 3.08. The fraction of sp³-hybridized carbons (Fsp3) is 0.421. The lowest BCUT2D eigenvalue weighted by Gasteiger charge is -2.15. The number of benzene rings is 1. The predicted octanol–water partition coefficient (Wildman–Crippen LogP) is 4.43. The van der Waals surface area contributed by atoms with Gasteiger partial charge in [-0.15, -0.1) is 11.3 Å². The highest BCUT2D eigenvalue weighted by Crippen LogP contribution is 2.19. The molecule has 26 heavy (non-hydrogen) atoms. The number of nitrogens with one attached hydrogen (secondary N) is 2. The Morgan fingerprint density at radius 3 is 2.50 bits per heavy atom. The van der Waals surface area contributed by atoms with E-state index in [1.807, 2.05) is 5.38 Å². The predicted molar refractivity (Wildman–Crippen MR) is 105 cm³/mol. The molecule has 1 aliphatic rings. The number of hydrogen-bond acceptors (Lipinski definition) is 4. The van der Waals surface area contributed by atoms with Crippen LogP contribution in [0.5, 0.6) is 0 Å². The molecule has 2 amide bonds. The number of carbonyl (C=O) groups excluding carboxylic acids is 2. The lowest BCUT2D eigenvalue weighted by atomic mass is 10.1. The Balaban J connectivity index is 1.51. The smallest absolute Gasteiger partial charge is 0.257 e. The molecule has 1 fully saturated rings. The van der Waals surface area contributed by atoms with E-state index in [-0.39, 0.29) is 24.3 Å². The van der Waals surface area contributed by atoms with E-state index in [0.29, 0.717) is 21.4 Å². The van der Waals surface area contributed by atoms with Crippen LogP contribution in [0.25, 0.3) is 0 Å². The van der Waals surface area contributed by atoms with Crippen LogP contribution >= 0.6 is 22.9 Å². The minimum absolute atomic E-state index is 0.00206. The largest absolute Gasteiger partial charge is 0.353 e. The first-order valence-corrected chi connectivity index (χ1v) is 10.2. The number of carbonyl (C=O) groups is 2. The van der Waals surface area contributed by atoms with Gasteiger partial charge in [-0.25, -0.2) is 4.98 Å². The molecule has 2 N–H and O–H groups in total. The Kier molecular flexibility index (Phi) is 6.63. The Bertz CT molecular complexity index is 752. The van der Waals surface area contributed by atoms with E-state index in [2.05, 4.69) is 15.6 Å². The molecule has 0 radical (unpaired) electrons. The average molecular weight is 392 g/mol. The van der Waals surface area contributed by atoms with Crippen LogP contribution in [-0.4, -0.2) is 22.8 Å². The van der Waals surface area contributed by atoms with Crippen LogP contribution in [0, 0.1) is 0 Å². The highest BCUT2D eigenvalue weighted by atomic mass is 35.5. The molecule has 1 aliphatic carbocycles. The highest BCUT2D eigenvalue weighted by Gasteiger charge is 2.16. The summed E-state index contributed by atoms with van der Waals surface area (Å²) in [6, 6.07) is 6.94. The second-order valence-electron chi connectivity index (χ2n) is 6.54. The van der Waals surface area contributed by atoms with Gasteiger partial charge in [-0.2, -0.15) is 0 Å². The number of thiazole rings is 1. The van der Waals surface area contributed by atoms with Crippen molar-refractivity contribution in [2.75, 3.05) is 5.32 Å². The summed E-state index contributed by atoms with van der Waals surface area (Å²) >= 11 is 7.15.